The summed E-state index contributed by atoms with van der Waals surface area (Å²) >= 11 is 3.31. The molecule has 0 aliphatic rings. The molecule has 0 fully saturated rings. The van der Waals surface area contributed by atoms with E-state index in [1.165, 1.54) is 12.3 Å². The molecule has 1 amide bonds. The third kappa shape index (κ3) is 5.35. The molecule has 7 heteroatoms. The zero-order valence-electron chi connectivity index (χ0n) is 14.2. The van der Waals surface area contributed by atoms with Gasteiger partial charge in [-0.2, -0.15) is 5.10 Å². The zero-order valence-corrected chi connectivity index (χ0v) is 15.8. The molecule has 0 saturated carbocycles. The molecule has 0 heterocycles. The second-order valence-electron chi connectivity index (χ2n) is 5.10. The summed E-state index contributed by atoms with van der Waals surface area (Å²) in [6.45, 7) is 6.23. The summed E-state index contributed by atoms with van der Waals surface area (Å²) in [4.78, 5) is 12.3. The molecule has 0 saturated heterocycles. The first-order valence-electron chi connectivity index (χ1n) is 7.87. The molecule has 0 atom stereocenters. The molecule has 26 heavy (non-hydrogen) atoms. The Morgan fingerprint density at radius 1 is 1.27 bits per heavy atom. The number of ether oxygens (including phenoxy) is 2. The smallest absolute Gasteiger partial charge is 0.271 e. The van der Waals surface area contributed by atoms with Gasteiger partial charge >= 0.3 is 0 Å². The van der Waals surface area contributed by atoms with E-state index in [0.29, 0.717) is 35.8 Å². The molecule has 0 spiro atoms. The van der Waals surface area contributed by atoms with Gasteiger partial charge in [-0.25, -0.2) is 5.43 Å². The van der Waals surface area contributed by atoms with Gasteiger partial charge in [0.25, 0.3) is 5.91 Å². The van der Waals surface area contributed by atoms with E-state index in [0.717, 1.165) is 4.47 Å². The number of benzene rings is 2. The average Bonchev–Trinajstić information content (AvgIpc) is 2.63. The maximum Gasteiger partial charge on any atom is 0.271 e. The number of aromatic hydroxyl groups is 1. The molecular weight excluding hydrogens is 400 g/mol. The summed E-state index contributed by atoms with van der Waals surface area (Å²) < 4.78 is 11.8. The van der Waals surface area contributed by atoms with Crippen LogP contribution in [-0.2, 0) is 0 Å². The number of rotatable bonds is 8. The minimum absolute atomic E-state index is 0.0635. The number of nitrogens with one attached hydrogen (secondary N) is 1. The van der Waals surface area contributed by atoms with Crippen molar-refractivity contribution in [3.05, 3.63) is 64.7 Å². The lowest BCUT2D eigenvalue weighted by atomic mass is 10.2. The molecule has 0 aliphatic carbocycles. The van der Waals surface area contributed by atoms with Crippen LogP contribution in [0.4, 0.5) is 0 Å². The fraction of sp³-hybridized carbons (Fsp3) is 0.158. The van der Waals surface area contributed by atoms with Gasteiger partial charge in [-0.05, 0) is 43.3 Å². The van der Waals surface area contributed by atoms with Crippen LogP contribution in [0.5, 0.6) is 17.2 Å². The van der Waals surface area contributed by atoms with E-state index in [1.54, 1.807) is 36.4 Å². The lowest BCUT2D eigenvalue weighted by Gasteiger charge is -2.12. The highest BCUT2D eigenvalue weighted by atomic mass is 79.9. The maximum atomic E-state index is 12.3. The lowest BCUT2D eigenvalue weighted by molar-refractivity contribution is 0.0954. The molecule has 2 aromatic carbocycles. The van der Waals surface area contributed by atoms with Crippen LogP contribution in [0, 0.1) is 0 Å². The highest BCUT2D eigenvalue weighted by Crippen LogP contribution is 2.28. The Kier molecular flexibility index (Phi) is 7.23. The zero-order chi connectivity index (χ0) is 18.9. The van der Waals surface area contributed by atoms with Gasteiger partial charge in [-0.1, -0.05) is 28.6 Å². The summed E-state index contributed by atoms with van der Waals surface area (Å²) in [5.74, 6) is 0.655. The van der Waals surface area contributed by atoms with Gasteiger partial charge in [0.1, 0.15) is 12.4 Å². The third-order valence-electron chi connectivity index (χ3n) is 3.22. The van der Waals surface area contributed by atoms with Crippen molar-refractivity contribution in [1.29, 1.82) is 0 Å². The van der Waals surface area contributed by atoms with Gasteiger partial charge in [-0.15, -0.1) is 0 Å². The third-order valence-corrected chi connectivity index (χ3v) is 3.71. The molecule has 136 valence electrons. The molecule has 2 aromatic rings. The number of phenols is 1. The van der Waals surface area contributed by atoms with Crippen LogP contribution in [0.25, 0.3) is 0 Å². The van der Waals surface area contributed by atoms with Crippen molar-refractivity contribution in [2.75, 3.05) is 13.2 Å². The van der Waals surface area contributed by atoms with E-state index in [4.69, 9.17) is 9.47 Å². The van der Waals surface area contributed by atoms with E-state index in [1.807, 2.05) is 6.92 Å². The first-order chi connectivity index (χ1) is 12.5. The summed E-state index contributed by atoms with van der Waals surface area (Å²) in [5.41, 5.74) is 3.26. The van der Waals surface area contributed by atoms with Gasteiger partial charge in [0, 0.05) is 15.6 Å². The van der Waals surface area contributed by atoms with Crippen LogP contribution in [0.15, 0.2) is 58.6 Å². The number of hydrogen-bond donors (Lipinski definition) is 2. The quantitative estimate of drug-likeness (QED) is 0.387. The lowest BCUT2D eigenvalue weighted by Crippen LogP contribution is -2.17. The van der Waals surface area contributed by atoms with Crippen molar-refractivity contribution in [3.8, 4) is 17.2 Å². The number of carbonyl (C=O) groups is 1. The maximum absolute atomic E-state index is 12.3. The predicted molar refractivity (Wildman–Crippen MR) is 104 cm³/mol. The number of carbonyl (C=O) groups excluding carboxylic acids is 1. The van der Waals surface area contributed by atoms with Gasteiger partial charge in [0.05, 0.1) is 12.8 Å². The van der Waals surface area contributed by atoms with Crippen molar-refractivity contribution >= 4 is 28.1 Å². The first-order valence-corrected chi connectivity index (χ1v) is 8.67. The molecule has 0 aliphatic heterocycles. The number of phenolic OH excluding ortho intramolecular Hbond substituents is 1. The number of nitrogens with zero attached hydrogens (tertiary/aromatic N) is 1. The Morgan fingerprint density at radius 3 is 2.81 bits per heavy atom. The Bertz CT molecular complexity index is 821. The molecule has 0 aromatic heterocycles. The average molecular weight is 419 g/mol. The van der Waals surface area contributed by atoms with E-state index < -0.39 is 5.91 Å². The number of halogens is 1. The summed E-state index contributed by atoms with van der Waals surface area (Å²) in [6.07, 6.45) is 2.99. The summed E-state index contributed by atoms with van der Waals surface area (Å²) in [7, 11) is 0. The monoisotopic (exact) mass is 418 g/mol. The summed E-state index contributed by atoms with van der Waals surface area (Å²) in [6, 6.07) is 9.78. The Morgan fingerprint density at radius 2 is 2.08 bits per heavy atom. The minimum atomic E-state index is -0.410. The van der Waals surface area contributed by atoms with Crippen LogP contribution < -0.4 is 14.9 Å². The second kappa shape index (κ2) is 9.62. The van der Waals surface area contributed by atoms with Crippen LogP contribution in [0.2, 0.25) is 0 Å². The fourth-order valence-corrected chi connectivity index (χ4v) is 2.42. The minimum Gasteiger partial charge on any atom is -0.507 e. The van der Waals surface area contributed by atoms with Gasteiger partial charge < -0.3 is 14.6 Å². The Labute approximate surface area is 160 Å². The van der Waals surface area contributed by atoms with Crippen LogP contribution >= 0.6 is 15.9 Å². The van der Waals surface area contributed by atoms with Crippen LogP contribution in [0.3, 0.4) is 0 Å². The second-order valence-corrected chi connectivity index (χ2v) is 6.01. The normalized spacial score (nSPS) is 10.5. The number of hydrazone groups is 1. The van der Waals surface area contributed by atoms with Crippen molar-refractivity contribution < 1.29 is 19.4 Å². The molecule has 0 unspecified atom stereocenters. The van der Waals surface area contributed by atoms with Gasteiger partial charge in [0.2, 0.25) is 0 Å². The van der Waals surface area contributed by atoms with E-state index in [-0.39, 0.29) is 5.75 Å². The van der Waals surface area contributed by atoms with Crippen LogP contribution in [-0.4, -0.2) is 30.4 Å². The summed E-state index contributed by atoms with van der Waals surface area (Å²) in [5, 5.41) is 13.6. The highest BCUT2D eigenvalue weighted by molar-refractivity contribution is 9.10. The SMILES string of the molecule is C=CCOc1ccc(C(=O)N/N=C/c2cc(Br)ccc2O)cc1OCC. The van der Waals surface area contributed by atoms with Crippen molar-refractivity contribution in [2.24, 2.45) is 5.10 Å². The molecule has 0 radical (unpaired) electrons. The fourth-order valence-electron chi connectivity index (χ4n) is 2.04. The predicted octanol–water partition coefficient (Wildman–Crippen LogP) is 3.88. The molecule has 2 rings (SSSR count). The Hall–Kier alpha value is -2.80. The highest BCUT2D eigenvalue weighted by Gasteiger charge is 2.11. The van der Waals surface area contributed by atoms with E-state index >= 15 is 0 Å². The Balaban J connectivity index is 2.11. The first kappa shape index (κ1) is 19.5. The molecule has 6 nitrogen and oxygen atoms in total. The molecule has 0 bridgehead atoms. The van der Waals surface area contributed by atoms with E-state index in [9.17, 15) is 9.90 Å². The van der Waals surface area contributed by atoms with Gasteiger partial charge in [0.15, 0.2) is 11.5 Å². The molecular formula is C19H19BrN2O4. The van der Waals surface area contributed by atoms with Gasteiger partial charge in [-0.3, -0.25) is 4.79 Å². The topological polar surface area (TPSA) is 80.2 Å². The molecule has 2 N–H and O–H groups in total. The van der Waals surface area contributed by atoms with Crippen LogP contribution in [0.1, 0.15) is 22.8 Å². The standard InChI is InChI=1S/C19H19BrN2O4/c1-3-9-26-17-8-5-13(11-18(17)25-4-2)19(24)22-21-12-14-10-15(20)6-7-16(14)23/h3,5-8,10-12,23H,1,4,9H2,2H3,(H,22,24)/b21-12+. The number of hydrogen-bond acceptors (Lipinski definition) is 5. The largest absolute Gasteiger partial charge is 0.507 e. The van der Waals surface area contributed by atoms with Crippen molar-refractivity contribution in [2.45, 2.75) is 6.92 Å². The number of amides is 1. The van der Waals surface area contributed by atoms with Crippen molar-refractivity contribution in [1.82, 2.24) is 5.43 Å². The van der Waals surface area contributed by atoms with Crippen molar-refractivity contribution in [3.63, 3.8) is 0 Å². The van der Waals surface area contributed by atoms with E-state index in [2.05, 4.69) is 33.0 Å².